The number of aliphatic hydroxyl groups excluding tert-OH is 1. The van der Waals surface area contributed by atoms with Crippen molar-refractivity contribution in [2.45, 2.75) is 12.8 Å². The second-order valence-electron chi connectivity index (χ2n) is 6.96. The summed E-state index contributed by atoms with van der Waals surface area (Å²) in [5.74, 6) is -1.53. The number of amides is 1. The molecule has 1 aromatic rings. The second-order valence-corrected chi connectivity index (χ2v) is 6.96. The molecule has 0 spiro atoms. The Morgan fingerprint density at radius 1 is 1.28 bits per heavy atom. The van der Waals surface area contributed by atoms with Gasteiger partial charge in [0.2, 0.25) is 0 Å². The summed E-state index contributed by atoms with van der Waals surface area (Å²) in [4.78, 5) is 28.1. The molecule has 0 bridgehead atoms. The van der Waals surface area contributed by atoms with Gasteiger partial charge in [0, 0.05) is 24.8 Å². The third-order valence-electron chi connectivity index (χ3n) is 5.02. The molecule has 2 N–H and O–H groups in total. The Morgan fingerprint density at radius 3 is 2.69 bits per heavy atom. The molecule has 1 amide bonds. The first-order valence-corrected chi connectivity index (χ1v) is 9.66. The second kappa shape index (κ2) is 9.71. The Labute approximate surface area is 168 Å². The smallest absolute Gasteiger partial charge is 0.337 e. The number of halogens is 1. The molecule has 9 heteroatoms. The molecule has 8 nitrogen and oxygen atoms in total. The Balaban J connectivity index is 1.67. The number of β-amino-alcohol motifs (C(OH)–C–C–N with tert-alkyl or cyclic N) is 1. The molecule has 1 saturated heterocycles. The van der Waals surface area contributed by atoms with Gasteiger partial charge in [-0.15, -0.1) is 0 Å². The largest absolute Gasteiger partial charge is 0.489 e. The van der Waals surface area contributed by atoms with Crippen LogP contribution in [0.3, 0.4) is 0 Å². The minimum Gasteiger partial charge on any atom is -0.489 e. The molecule has 158 valence electrons. The molecular weight excluding hydrogens is 381 g/mol. The molecule has 29 heavy (non-hydrogen) atoms. The third kappa shape index (κ3) is 5.04. The van der Waals surface area contributed by atoms with Crippen molar-refractivity contribution in [3.63, 3.8) is 0 Å². The van der Waals surface area contributed by atoms with Crippen LogP contribution in [-0.2, 0) is 14.3 Å². The molecule has 1 fully saturated rings. The van der Waals surface area contributed by atoms with E-state index in [1.807, 2.05) is 0 Å². The Kier molecular flexibility index (Phi) is 7.05. The summed E-state index contributed by atoms with van der Waals surface area (Å²) in [6.45, 7) is 3.13. The highest BCUT2D eigenvalue weighted by atomic mass is 19.1. The fourth-order valence-corrected chi connectivity index (χ4v) is 3.48. The lowest BCUT2D eigenvalue weighted by Gasteiger charge is -2.16. The van der Waals surface area contributed by atoms with E-state index in [2.05, 4.69) is 10.2 Å². The number of methoxy groups -OCH3 is 1. The van der Waals surface area contributed by atoms with E-state index < -0.39 is 17.7 Å². The first-order chi connectivity index (χ1) is 14.0. The fourth-order valence-electron chi connectivity index (χ4n) is 3.48. The number of nitrogens with one attached hydrogen (secondary N) is 1. The van der Waals surface area contributed by atoms with Gasteiger partial charge in [0.25, 0.3) is 5.91 Å². The number of nitrogens with zero attached hydrogens (tertiary/aromatic N) is 2. The SMILES string of the molecule is COC(=O)C1=C(Nc2ccc(OCCN3CCCC3)c(F)c2)C(=O)N(CCO)C1. The maximum absolute atomic E-state index is 14.4. The van der Waals surface area contributed by atoms with Gasteiger partial charge in [-0.05, 0) is 38.1 Å². The van der Waals surface area contributed by atoms with Crippen molar-refractivity contribution in [3.8, 4) is 5.75 Å². The predicted molar refractivity (Wildman–Crippen MR) is 104 cm³/mol. The van der Waals surface area contributed by atoms with Crippen LogP contribution in [0.15, 0.2) is 29.5 Å². The molecule has 2 aliphatic heterocycles. The van der Waals surface area contributed by atoms with Crippen LogP contribution in [0, 0.1) is 5.82 Å². The Morgan fingerprint density at radius 2 is 2.03 bits per heavy atom. The van der Waals surface area contributed by atoms with Gasteiger partial charge in [0.05, 0.1) is 25.8 Å². The van der Waals surface area contributed by atoms with Gasteiger partial charge in [0.15, 0.2) is 11.6 Å². The van der Waals surface area contributed by atoms with Crippen molar-refractivity contribution >= 4 is 17.6 Å². The number of rotatable bonds is 9. The number of hydrogen-bond acceptors (Lipinski definition) is 7. The number of esters is 1. The van der Waals surface area contributed by atoms with Gasteiger partial charge >= 0.3 is 5.97 Å². The van der Waals surface area contributed by atoms with Crippen LogP contribution in [0.25, 0.3) is 0 Å². The van der Waals surface area contributed by atoms with Gasteiger partial charge < -0.3 is 24.8 Å². The quantitative estimate of drug-likeness (QED) is 0.590. The highest BCUT2D eigenvalue weighted by Gasteiger charge is 2.34. The minimum atomic E-state index is -0.649. The number of anilines is 1. The van der Waals surface area contributed by atoms with Gasteiger partial charge in [-0.3, -0.25) is 9.69 Å². The third-order valence-corrected chi connectivity index (χ3v) is 5.02. The predicted octanol–water partition coefficient (Wildman–Crippen LogP) is 0.974. The van der Waals surface area contributed by atoms with Crippen molar-refractivity contribution in [2.24, 2.45) is 0 Å². The van der Waals surface area contributed by atoms with E-state index in [4.69, 9.17) is 14.6 Å². The van der Waals surface area contributed by atoms with E-state index in [9.17, 15) is 14.0 Å². The summed E-state index contributed by atoms with van der Waals surface area (Å²) in [5, 5.41) is 11.9. The highest BCUT2D eigenvalue weighted by Crippen LogP contribution is 2.26. The standard InChI is InChI=1S/C20H26FN3O5/c1-28-20(27)15-13-24(8-10-25)19(26)18(15)22-14-4-5-17(16(21)12-14)29-11-9-23-6-2-3-7-23/h4-5,12,22,25H,2-3,6-11,13H2,1H3. The van der Waals surface area contributed by atoms with Crippen LogP contribution in [0.5, 0.6) is 5.75 Å². The average molecular weight is 407 g/mol. The zero-order chi connectivity index (χ0) is 20.8. The number of aliphatic hydroxyl groups is 1. The molecule has 2 heterocycles. The fraction of sp³-hybridized carbons (Fsp3) is 0.500. The van der Waals surface area contributed by atoms with Crippen molar-refractivity contribution in [3.05, 3.63) is 35.3 Å². The topological polar surface area (TPSA) is 91.3 Å². The summed E-state index contributed by atoms with van der Waals surface area (Å²) >= 11 is 0. The molecule has 0 radical (unpaired) electrons. The van der Waals surface area contributed by atoms with Gasteiger partial charge in [0.1, 0.15) is 12.3 Å². The highest BCUT2D eigenvalue weighted by molar-refractivity contribution is 6.08. The molecule has 2 aliphatic rings. The van der Waals surface area contributed by atoms with E-state index in [-0.39, 0.29) is 36.7 Å². The van der Waals surface area contributed by atoms with E-state index in [0.717, 1.165) is 19.6 Å². The van der Waals surface area contributed by atoms with Crippen LogP contribution in [-0.4, -0.2) is 79.8 Å². The number of carbonyl (C=O) groups excluding carboxylic acids is 2. The van der Waals surface area contributed by atoms with Crippen LogP contribution in [0.4, 0.5) is 10.1 Å². The van der Waals surface area contributed by atoms with E-state index in [0.29, 0.717) is 12.3 Å². The molecule has 1 aromatic carbocycles. The van der Waals surface area contributed by atoms with Gasteiger partial charge in [-0.1, -0.05) is 0 Å². The lowest BCUT2D eigenvalue weighted by atomic mass is 10.2. The molecule has 0 aromatic heterocycles. The van der Waals surface area contributed by atoms with E-state index in [1.165, 1.54) is 37.0 Å². The Hall–Kier alpha value is -2.65. The number of likely N-dealkylation sites (tertiary alicyclic amines) is 1. The first kappa shape index (κ1) is 21.1. The van der Waals surface area contributed by atoms with Gasteiger partial charge in [-0.2, -0.15) is 0 Å². The number of hydrogen-bond donors (Lipinski definition) is 2. The lowest BCUT2D eigenvalue weighted by molar-refractivity contribution is -0.136. The summed E-state index contributed by atoms with van der Waals surface area (Å²) in [7, 11) is 1.22. The lowest BCUT2D eigenvalue weighted by Crippen LogP contribution is -2.31. The summed E-state index contributed by atoms with van der Waals surface area (Å²) < 4.78 is 24.7. The van der Waals surface area contributed by atoms with Crippen LogP contribution in [0.1, 0.15) is 12.8 Å². The molecule has 0 atom stereocenters. The van der Waals surface area contributed by atoms with Crippen LogP contribution < -0.4 is 10.1 Å². The Bertz CT molecular complexity index is 792. The number of ether oxygens (including phenoxy) is 2. The van der Waals surface area contributed by atoms with Crippen molar-refractivity contribution in [1.29, 1.82) is 0 Å². The first-order valence-electron chi connectivity index (χ1n) is 9.66. The zero-order valence-corrected chi connectivity index (χ0v) is 16.4. The summed E-state index contributed by atoms with van der Waals surface area (Å²) in [6.07, 6.45) is 2.37. The zero-order valence-electron chi connectivity index (χ0n) is 16.4. The molecule has 0 unspecified atom stereocenters. The minimum absolute atomic E-state index is 0.0207. The van der Waals surface area contributed by atoms with Crippen LogP contribution in [0.2, 0.25) is 0 Å². The average Bonchev–Trinajstić information content (AvgIpc) is 3.33. The summed E-state index contributed by atoms with van der Waals surface area (Å²) in [5.41, 5.74) is 0.467. The van der Waals surface area contributed by atoms with Crippen molar-refractivity contribution in [1.82, 2.24) is 9.80 Å². The molecule has 3 rings (SSSR count). The number of benzene rings is 1. The van der Waals surface area contributed by atoms with Crippen molar-refractivity contribution < 1.29 is 28.6 Å². The number of carbonyl (C=O) groups is 2. The van der Waals surface area contributed by atoms with Gasteiger partial charge in [-0.25, -0.2) is 9.18 Å². The maximum atomic E-state index is 14.4. The van der Waals surface area contributed by atoms with Crippen LogP contribution >= 0.6 is 0 Å². The molecule has 0 saturated carbocycles. The summed E-state index contributed by atoms with van der Waals surface area (Å²) in [6, 6.07) is 4.29. The van der Waals surface area contributed by atoms with E-state index in [1.54, 1.807) is 6.07 Å². The van der Waals surface area contributed by atoms with Crippen molar-refractivity contribution in [2.75, 3.05) is 58.4 Å². The molecular formula is C20H26FN3O5. The normalized spacial score (nSPS) is 17.2. The monoisotopic (exact) mass is 407 g/mol. The maximum Gasteiger partial charge on any atom is 0.337 e. The molecule has 0 aliphatic carbocycles. The van der Waals surface area contributed by atoms with E-state index >= 15 is 0 Å².